The van der Waals surface area contributed by atoms with Crippen LogP contribution < -0.4 is 21.3 Å². The van der Waals surface area contributed by atoms with Gasteiger partial charge in [0.1, 0.15) is 0 Å². The number of hydrogen-bond donors (Lipinski definition) is 4. The lowest BCUT2D eigenvalue weighted by Gasteiger charge is -2.11. The van der Waals surface area contributed by atoms with Crippen LogP contribution in [0.25, 0.3) is 0 Å². The summed E-state index contributed by atoms with van der Waals surface area (Å²) in [6.45, 7) is 6.03. The number of benzene rings is 2. The van der Waals surface area contributed by atoms with E-state index in [1.165, 1.54) is 0 Å². The third kappa shape index (κ3) is 7.29. The third-order valence-electron chi connectivity index (χ3n) is 4.17. The third-order valence-corrected chi connectivity index (χ3v) is 4.17. The van der Waals surface area contributed by atoms with Gasteiger partial charge in [-0.1, -0.05) is 37.3 Å². The lowest BCUT2D eigenvalue weighted by Crippen LogP contribution is -2.39. The highest BCUT2D eigenvalue weighted by Crippen LogP contribution is 2.15. The molecule has 0 aliphatic heterocycles. The minimum atomic E-state index is -0.332. The molecule has 154 valence electrons. The average Bonchev–Trinajstić information content (AvgIpc) is 2.71. The van der Waals surface area contributed by atoms with Crippen molar-refractivity contribution in [2.45, 2.75) is 39.8 Å². The van der Waals surface area contributed by atoms with Crippen LogP contribution in [-0.4, -0.2) is 30.4 Å². The van der Waals surface area contributed by atoms with Crippen LogP contribution in [0.4, 0.5) is 10.5 Å². The van der Waals surface area contributed by atoms with Crippen LogP contribution in [0.5, 0.6) is 0 Å². The van der Waals surface area contributed by atoms with Crippen LogP contribution in [0.1, 0.15) is 42.3 Å². The number of urea groups is 1. The molecule has 2 aromatic carbocycles. The zero-order chi connectivity index (χ0) is 21.2. The first-order valence-electron chi connectivity index (χ1n) is 9.68. The van der Waals surface area contributed by atoms with E-state index in [1.807, 2.05) is 45.0 Å². The van der Waals surface area contributed by atoms with Crippen LogP contribution in [0.2, 0.25) is 0 Å². The van der Waals surface area contributed by atoms with Gasteiger partial charge in [-0.3, -0.25) is 9.59 Å². The number of para-hydroxylation sites is 1. The molecule has 4 amide bonds. The number of carbonyl (C=O) groups excluding carboxylic acids is 3. The van der Waals surface area contributed by atoms with Gasteiger partial charge in [0, 0.05) is 23.8 Å². The fourth-order valence-electron chi connectivity index (χ4n) is 2.68. The van der Waals surface area contributed by atoms with Crippen molar-refractivity contribution in [2.24, 2.45) is 0 Å². The minimum absolute atomic E-state index is 0.0636. The standard InChI is InChI=1S/C22H28N4O3/c1-4-17-7-5-6-8-19(17)26-20(27)14-23-21(28)18-11-9-16(10-12-18)13-24-22(29)25-15(2)3/h5-12,15H,4,13-14H2,1-3H3,(H,23,28)(H,26,27)(H2,24,25,29). The molecule has 0 radical (unpaired) electrons. The number of nitrogens with one attached hydrogen (secondary N) is 4. The van der Waals surface area contributed by atoms with Crippen LogP contribution in [0, 0.1) is 0 Å². The van der Waals surface area contributed by atoms with Gasteiger partial charge < -0.3 is 21.3 Å². The maximum Gasteiger partial charge on any atom is 0.315 e. The van der Waals surface area contributed by atoms with E-state index >= 15 is 0 Å². The lowest BCUT2D eigenvalue weighted by atomic mass is 10.1. The molecule has 0 saturated carbocycles. The van der Waals surface area contributed by atoms with Gasteiger partial charge in [-0.15, -0.1) is 0 Å². The molecule has 0 spiro atoms. The van der Waals surface area contributed by atoms with Gasteiger partial charge in [0.15, 0.2) is 0 Å². The molecule has 7 heteroatoms. The lowest BCUT2D eigenvalue weighted by molar-refractivity contribution is -0.115. The Hall–Kier alpha value is -3.35. The van der Waals surface area contributed by atoms with Crippen LogP contribution in [-0.2, 0) is 17.8 Å². The van der Waals surface area contributed by atoms with Crippen LogP contribution in [0.3, 0.4) is 0 Å². The smallest absolute Gasteiger partial charge is 0.315 e. The molecule has 0 aromatic heterocycles. The van der Waals surface area contributed by atoms with Gasteiger partial charge >= 0.3 is 6.03 Å². The number of carbonyl (C=O) groups is 3. The minimum Gasteiger partial charge on any atom is -0.343 e. The van der Waals surface area contributed by atoms with E-state index in [1.54, 1.807) is 24.3 Å². The Morgan fingerprint density at radius 2 is 1.62 bits per heavy atom. The van der Waals surface area contributed by atoms with Crippen LogP contribution in [0.15, 0.2) is 48.5 Å². The summed E-state index contributed by atoms with van der Waals surface area (Å²) in [7, 11) is 0. The van der Waals surface area contributed by atoms with Gasteiger partial charge in [-0.2, -0.15) is 0 Å². The summed E-state index contributed by atoms with van der Waals surface area (Å²) < 4.78 is 0. The van der Waals surface area contributed by atoms with Crippen molar-refractivity contribution in [3.05, 3.63) is 65.2 Å². The SMILES string of the molecule is CCc1ccccc1NC(=O)CNC(=O)c1ccc(CNC(=O)NC(C)C)cc1. The van der Waals surface area contributed by atoms with E-state index < -0.39 is 0 Å². The van der Waals surface area contributed by atoms with Crippen LogP contribution >= 0.6 is 0 Å². The monoisotopic (exact) mass is 396 g/mol. The average molecular weight is 396 g/mol. The zero-order valence-corrected chi connectivity index (χ0v) is 17.0. The maximum atomic E-state index is 12.3. The Morgan fingerprint density at radius 1 is 0.931 bits per heavy atom. The van der Waals surface area contributed by atoms with Crippen molar-refractivity contribution in [3.63, 3.8) is 0 Å². The second-order valence-corrected chi connectivity index (χ2v) is 6.92. The maximum absolute atomic E-state index is 12.3. The summed E-state index contributed by atoms with van der Waals surface area (Å²) in [5.74, 6) is -0.614. The predicted molar refractivity (Wildman–Crippen MR) is 114 cm³/mol. The van der Waals surface area contributed by atoms with Gasteiger partial charge in [0.2, 0.25) is 5.91 Å². The molecule has 2 aromatic rings. The van der Waals surface area contributed by atoms with Gasteiger partial charge in [0.25, 0.3) is 5.91 Å². The molecule has 0 aliphatic carbocycles. The summed E-state index contributed by atoms with van der Waals surface area (Å²) in [5, 5.41) is 10.9. The number of anilines is 1. The van der Waals surface area contributed by atoms with E-state index in [0.717, 1.165) is 23.2 Å². The van der Waals surface area contributed by atoms with Crippen molar-refractivity contribution in [1.29, 1.82) is 0 Å². The number of hydrogen-bond acceptors (Lipinski definition) is 3. The van der Waals surface area contributed by atoms with Crippen molar-refractivity contribution in [3.8, 4) is 0 Å². The molecule has 0 atom stereocenters. The molecule has 0 saturated heterocycles. The molecule has 0 unspecified atom stereocenters. The first-order chi connectivity index (χ1) is 13.9. The fraction of sp³-hybridized carbons (Fsp3) is 0.318. The van der Waals surface area contributed by atoms with Gasteiger partial charge in [-0.05, 0) is 49.6 Å². The topological polar surface area (TPSA) is 99.3 Å². The Morgan fingerprint density at radius 3 is 2.28 bits per heavy atom. The molecular weight excluding hydrogens is 368 g/mol. The first kappa shape index (κ1) is 21.9. The predicted octanol–water partition coefficient (Wildman–Crippen LogP) is 2.83. The van der Waals surface area contributed by atoms with E-state index in [2.05, 4.69) is 21.3 Å². The number of aryl methyl sites for hydroxylation is 1. The molecule has 4 N–H and O–H groups in total. The largest absolute Gasteiger partial charge is 0.343 e. The summed E-state index contributed by atoms with van der Waals surface area (Å²) in [6.07, 6.45) is 0.809. The van der Waals surface area contributed by atoms with Crippen molar-refractivity contribution in [2.75, 3.05) is 11.9 Å². The Bertz CT molecular complexity index is 847. The van der Waals surface area contributed by atoms with Crippen molar-refractivity contribution < 1.29 is 14.4 Å². The Kier molecular flexibility index (Phi) is 8.21. The van der Waals surface area contributed by atoms with Crippen molar-refractivity contribution >= 4 is 23.5 Å². The van der Waals surface area contributed by atoms with Gasteiger partial charge in [0.05, 0.1) is 6.54 Å². The summed E-state index contributed by atoms with van der Waals surface area (Å²) in [6, 6.07) is 14.3. The molecule has 2 rings (SSSR count). The summed E-state index contributed by atoms with van der Waals surface area (Å²) >= 11 is 0. The Labute approximate surface area is 171 Å². The Balaban J connectivity index is 1.81. The zero-order valence-electron chi connectivity index (χ0n) is 17.0. The fourth-order valence-corrected chi connectivity index (χ4v) is 2.68. The number of rotatable bonds is 8. The second-order valence-electron chi connectivity index (χ2n) is 6.92. The van der Waals surface area contributed by atoms with E-state index in [9.17, 15) is 14.4 Å². The molecule has 0 fully saturated rings. The highest BCUT2D eigenvalue weighted by atomic mass is 16.2. The highest BCUT2D eigenvalue weighted by molar-refractivity contribution is 5.99. The molecule has 0 aliphatic rings. The number of amides is 4. The highest BCUT2D eigenvalue weighted by Gasteiger charge is 2.10. The first-order valence-corrected chi connectivity index (χ1v) is 9.68. The quantitative estimate of drug-likeness (QED) is 0.552. The summed E-state index contributed by atoms with van der Waals surface area (Å²) in [4.78, 5) is 36.0. The van der Waals surface area contributed by atoms with Crippen molar-refractivity contribution in [1.82, 2.24) is 16.0 Å². The molecule has 0 heterocycles. The normalized spacial score (nSPS) is 10.3. The molecule has 0 bridgehead atoms. The summed E-state index contributed by atoms with van der Waals surface area (Å²) in [5.41, 5.74) is 3.11. The molecular formula is C22H28N4O3. The van der Waals surface area contributed by atoms with E-state index in [4.69, 9.17) is 0 Å². The van der Waals surface area contributed by atoms with E-state index in [0.29, 0.717) is 12.1 Å². The second kappa shape index (κ2) is 10.8. The van der Waals surface area contributed by atoms with Gasteiger partial charge in [-0.25, -0.2) is 4.79 Å². The molecule has 29 heavy (non-hydrogen) atoms. The van der Waals surface area contributed by atoms with E-state index in [-0.39, 0.29) is 30.4 Å². The molecule has 7 nitrogen and oxygen atoms in total.